The maximum Gasteiger partial charge on any atom is 0.123 e. The van der Waals surface area contributed by atoms with Gasteiger partial charge in [0, 0.05) is 30.7 Å². The molecule has 39 heavy (non-hydrogen) atoms. The Balaban J connectivity index is 0.000000187. The largest absolute Gasteiger partial charge is 0.345 e. The molecule has 0 unspecified atom stereocenters. The molecule has 0 bridgehead atoms. The number of hydrogen-bond acceptors (Lipinski definition) is 1. The van der Waals surface area contributed by atoms with Crippen molar-refractivity contribution in [2.24, 2.45) is 0 Å². The van der Waals surface area contributed by atoms with Gasteiger partial charge in [0.2, 0.25) is 0 Å². The second kappa shape index (κ2) is 14.9. The topological polar surface area (TPSA) is 28.7 Å². The van der Waals surface area contributed by atoms with E-state index in [0.717, 1.165) is 35.5 Å². The van der Waals surface area contributed by atoms with Crippen molar-refractivity contribution in [1.82, 2.24) is 9.97 Å². The molecular weight excluding hydrogens is 478 g/mol. The van der Waals surface area contributed by atoms with E-state index < -0.39 is 0 Å². The van der Waals surface area contributed by atoms with Crippen LogP contribution in [0.5, 0.6) is 0 Å². The Morgan fingerprint density at radius 3 is 1.92 bits per heavy atom. The van der Waals surface area contributed by atoms with Gasteiger partial charge in [-0.15, -0.1) is 0 Å². The maximum absolute atomic E-state index is 13.6. The van der Waals surface area contributed by atoms with Gasteiger partial charge >= 0.3 is 0 Å². The Morgan fingerprint density at radius 1 is 0.744 bits per heavy atom. The van der Waals surface area contributed by atoms with Crippen LogP contribution in [0.4, 0.5) is 4.39 Å². The summed E-state index contributed by atoms with van der Waals surface area (Å²) >= 11 is 0. The number of aromatic nitrogens is 2. The van der Waals surface area contributed by atoms with E-state index in [1.165, 1.54) is 35.9 Å². The van der Waals surface area contributed by atoms with Gasteiger partial charge in [0.25, 0.3) is 0 Å². The maximum atomic E-state index is 13.6. The van der Waals surface area contributed by atoms with Gasteiger partial charge in [-0.25, -0.2) is 9.37 Å². The number of benzene rings is 4. The Bertz CT molecular complexity index is 1340. The molecule has 198 valence electrons. The van der Waals surface area contributed by atoms with Crippen LogP contribution >= 0.6 is 0 Å². The number of H-pyrrole nitrogens is 1. The summed E-state index contributed by atoms with van der Waals surface area (Å²) in [6.07, 6.45) is 7.94. The van der Waals surface area contributed by atoms with Crippen molar-refractivity contribution in [1.29, 1.82) is 0 Å². The highest BCUT2D eigenvalue weighted by molar-refractivity contribution is 6.08. The Labute approximate surface area is 233 Å². The SMILES string of the molecule is BCCCC(c1ccccc1)c1ccccc1.CCc1cc(F)cc(Cc2ncc(Cc3ccccc3)[nH]2)c1. The third-order valence-electron chi connectivity index (χ3n) is 6.97. The van der Waals surface area contributed by atoms with Crippen LogP contribution in [0.2, 0.25) is 6.32 Å². The smallest absolute Gasteiger partial charge is 0.123 e. The molecule has 0 aliphatic heterocycles. The summed E-state index contributed by atoms with van der Waals surface area (Å²) in [6.45, 7) is 2.03. The van der Waals surface area contributed by atoms with Crippen molar-refractivity contribution >= 4 is 7.85 Å². The quantitative estimate of drug-likeness (QED) is 0.188. The highest BCUT2D eigenvalue weighted by atomic mass is 19.1. The van der Waals surface area contributed by atoms with Crippen molar-refractivity contribution in [3.05, 3.63) is 161 Å². The summed E-state index contributed by atoms with van der Waals surface area (Å²) in [5.74, 6) is 1.25. The zero-order valence-electron chi connectivity index (χ0n) is 23.1. The van der Waals surface area contributed by atoms with Crippen LogP contribution in [0, 0.1) is 5.82 Å². The van der Waals surface area contributed by atoms with Gasteiger partial charge in [0.15, 0.2) is 0 Å². The molecule has 1 N–H and O–H groups in total. The third kappa shape index (κ3) is 8.82. The van der Waals surface area contributed by atoms with Gasteiger partial charge in [-0.1, -0.05) is 117 Å². The molecular formula is C35H38BFN2. The average molecular weight is 517 g/mol. The number of aromatic amines is 1. The van der Waals surface area contributed by atoms with E-state index in [0.29, 0.717) is 12.3 Å². The normalized spacial score (nSPS) is 10.7. The average Bonchev–Trinajstić information content (AvgIpc) is 3.41. The lowest BCUT2D eigenvalue weighted by Gasteiger charge is -2.17. The Kier molecular flexibility index (Phi) is 10.7. The zero-order valence-corrected chi connectivity index (χ0v) is 23.1. The second-order valence-electron chi connectivity index (χ2n) is 10.0. The molecule has 4 aromatic carbocycles. The number of rotatable bonds is 10. The van der Waals surface area contributed by atoms with Gasteiger partial charge in [-0.2, -0.15) is 0 Å². The summed E-state index contributed by atoms with van der Waals surface area (Å²) in [7, 11) is 2.26. The first kappa shape index (κ1) is 28.1. The van der Waals surface area contributed by atoms with Crippen LogP contribution in [0.25, 0.3) is 0 Å². The van der Waals surface area contributed by atoms with Crippen LogP contribution in [0.1, 0.15) is 65.0 Å². The highest BCUT2D eigenvalue weighted by Gasteiger charge is 2.12. The van der Waals surface area contributed by atoms with Gasteiger partial charge in [0.1, 0.15) is 19.5 Å². The molecule has 0 radical (unpaired) electrons. The molecule has 5 aromatic rings. The Hall–Kier alpha value is -3.92. The lowest BCUT2D eigenvalue weighted by molar-refractivity contribution is 0.623. The summed E-state index contributed by atoms with van der Waals surface area (Å²) in [5, 5.41) is 0. The molecule has 0 saturated heterocycles. The van der Waals surface area contributed by atoms with E-state index >= 15 is 0 Å². The first-order valence-electron chi connectivity index (χ1n) is 14.1. The molecule has 1 aromatic heterocycles. The first-order chi connectivity index (χ1) is 19.1. The van der Waals surface area contributed by atoms with Crippen LogP contribution in [0.15, 0.2) is 115 Å². The van der Waals surface area contributed by atoms with Crippen LogP contribution in [-0.2, 0) is 19.3 Å². The lowest BCUT2D eigenvalue weighted by Crippen LogP contribution is -2.00. The van der Waals surface area contributed by atoms with Crippen molar-refractivity contribution in [2.45, 2.75) is 51.3 Å². The van der Waals surface area contributed by atoms with Gasteiger partial charge < -0.3 is 4.98 Å². The van der Waals surface area contributed by atoms with E-state index in [1.54, 1.807) is 12.1 Å². The lowest BCUT2D eigenvalue weighted by atomic mass is 9.85. The predicted octanol–water partition coefficient (Wildman–Crippen LogP) is 7.94. The summed E-state index contributed by atoms with van der Waals surface area (Å²) in [6, 6.07) is 37.2. The molecule has 4 heteroatoms. The number of imidazole rings is 1. The minimum absolute atomic E-state index is 0.176. The molecule has 0 atom stereocenters. The fourth-order valence-corrected chi connectivity index (χ4v) is 4.92. The number of hydrogen-bond donors (Lipinski definition) is 1. The zero-order chi connectivity index (χ0) is 27.3. The number of nitrogens with zero attached hydrogens (tertiary/aromatic N) is 1. The number of halogens is 1. The minimum Gasteiger partial charge on any atom is -0.345 e. The van der Waals surface area contributed by atoms with Gasteiger partial charge in [0.05, 0.1) is 0 Å². The van der Waals surface area contributed by atoms with Crippen LogP contribution in [-0.4, -0.2) is 17.8 Å². The van der Waals surface area contributed by atoms with E-state index in [-0.39, 0.29) is 5.82 Å². The predicted molar refractivity (Wildman–Crippen MR) is 164 cm³/mol. The van der Waals surface area contributed by atoms with E-state index in [4.69, 9.17) is 0 Å². The van der Waals surface area contributed by atoms with E-state index in [9.17, 15) is 4.39 Å². The molecule has 0 aliphatic rings. The minimum atomic E-state index is -0.176. The monoisotopic (exact) mass is 516 g/mol. The highest BCUT2D eigenvalue weighted by Crippen LogP contribution is 2.29. The van der Waals surface area contributed by atoms with Gasteiger partial charge in [-0.05, 0) is 52.8 Å². The van der Waals surface area contributed by atoms with Crippen molar-refractivity contribution in [2.75, 3.05) is 0 Å². The fourth-order valence-electron chi connectivity index (χ4n) is 4.92. The molecule has 0 amide bonds. The van der Waals surface area contributed by atoms with Crippen LogP contribution in [0.3, 0.4) is 0 Å². The Morgan fingerprint density at radius 2 is 1.33 bits per heavy atom. The first-order valence-corrected chi connectivity index (χ1v) is 14.1. The van der Waals surface area contributed by atoms with Crippen molar-refractivity contribution < 1.29 is 4.39 Å². The second-order valence-corrected chi connectivity index (χ2v) is 10.0. The summed E-state index contributed by atoms with van der Waals surface area (Å²) in [4.78, 5) is 7.75. The molecule has 0 spiro atoms. The summed E-state index contributed by atoms with van der Waals surface area (Å²) in [5.41, 5.74) is 7.17. The third-order valence-corrected chi connectivity index (χ3v) is 6.97. The fraction of sp³-hybridized carbons (Fsp3) is 0.229. The number of nitrogens with one attached hydrogen (secondary N) is 1. The standard InChI is InChI=1S/C19H19FN2.C16H19B/c1-2-14-8-16(10-17(20)9-14)12-19-21-13-18(22-19)11-15-6-4-3-5-7-15;17-13-7-12-16(14-8-3-1-4-9-14)15-10-5-2-6-11-15/h3-10,13H,2,11-12H2,1H3,(H,21,22);1-6,8-11,16H,7,12-13,17H2. The van der Waals surface area contributed by atoms with Crippen molar-refractivity contribution in [3.8, 4) is 0 Å². The number of aryl methyl sites for hydroxylation is 1. The van der Waals surface area contributed by atoms with E-state index in [1.807, 2.05) is 37.4 Å². The van der Waals surface area contributed by atoms with Crippen molar-refractivity contribution in [3.63, 3.8) is 0 Å². The molecule has 0 aliphatic carbocycles. The van der Waals surface area contributed by atoms with Crippen LogP contribution < -0.4 is 0 Å². The van der Waals surface area contributed by atoms with E-state index in [2.05, 4.69) is 90.6 Å². The molecule has 5 rings (SSSR count). The molecule has 0 fully saturated rings. The van der Waals surface area contributed by atoms with Gasteiger partial charge in [-0.3, -0.25) is 0 Å². The molecule has 1 heterocycles. The summed E-state index contributed by atoms with van der Waals surface area (Å²) < 4.78 is 13.6. The molecule has 2 nitrogen and oxygen atoms in total. The molecule has 0 saturated carbocycles.